The minimum atomic E-state index is -0.502. The van der Waals surface area contributed by atoms with E-state index in [1.165, 1.54) is 0 Å². The van der Waals surface area contributed by atoms with E-state index in [4.69, 9.17) is 9.15 Å². The van der Waals surface area contributed by atoms with E-state index in [-0.39, 0.29) is 17.1 Å². The number of rotatable bonds is 10. The molecule has 2 heterocycles. The standard InChI is InChI=1S/C28H32N2O4/c1-5-17-33-21-12-10-20(11-13-21)25-24-26(31)22-18-19(6-2)9-14-23(22)34-27(24)28(32)30(25)16-15-29(7-3)8-4/h5,9-14,18,25H,1,6-8,15-17H2,2-4H3. The van der Waals surface area contributed by atoms with Gasteiger partial charge in [-0.25, -0.2) is 0 Å². The summed E-state index contributed by atoms with van der Waals surface area (Å²) in [5.74, 6) is 0.622. The van der Waals surface area contributed by atoms with E-state index in [1.54, 1.807) is 17.0 Å². The van der Waals surface area contributed by atoms with Gasteiger partial charge in [0, 0.05) is 13.1 Å². The van der Waals surface area contributed by atoms with Crippen LogP contribution in [0.4, 0.5) is 0 Å². The molecule has 0 spiro atoms. The SMILES string of the molecule is C=CCOc1ccc(C2c3c(oc4ccc(CC)cc4c3=O)C(=O)N2CCN(CC)CC)cc1. The molecule has 3 aromatic rings. The minimum Gasteiger partial charge on any atom is -0.490 e. The zero-order valence-electron chi connectivity index (χ0n) is 20.2. The number of benzene rings is 2. The lowest BCUT2D eigenvalue weighted by Crippen LogP contribution is -2.37. The quantitative estimate of drug-likeness (QED) is 0.407. The molecule has 1 amide bonds. The Bertz CT molecular complexity index is 1240. The molecule has 0 radical (unpaired) electrons. The van der Waals surface area contributed by atoms with Crippen LogP contribution in [0, 0.1) is 0 Å². The molecule has 0 bridgehead atoms. The molecule has 2 aromatic carbocycles. The topological polar surface area (TPSA) is 63.0 Å². The van der Waals surface area contributed by atoms with Crippen LogP contribution in [0.25, 0.3) is 11.0 Å². The Morgan fingerprint density at radius 3 is 2.47 bits per heavy atom. The minimum absolute atomic E-state index is 0.137. The van der Waals surface area contributed by atoms with Gasteiger partial charge in [-0.3, -0.25) is 9.59 Å². The molecular formula is C28H32N2O4. The van der Waals surface area contributed by atoms with Crippen LogP contribution in [0.3, 0.4) is 0 Å². The second-order valence-electron chi connectivity index (χ2n) is 8.45. The van der Waals surface area contributed by atoms with Gasteiger partial charge >= 0.3 is 0 Å². The van der Waals surface area contributed by atoms with Gasteiger partial charge in [0.05, 0.1) is 17.0 Å². The number of ether oxygens (including phenoxy) is 1. The monoisotopic (exact) mass is 460 g/mol. The lowest BCUT2D eigenvalue weighted by molar-refractivity contribution is 0.0708. The van der Waals surface area contributed by atoms with Crippen molar-refractivity contribution in [2.75, 3.05) is 32.8 Å². The number of likely N-dealkylation sites (N-methyl/N-ethyl adjacent to an activating group) is 1. The third kappa shape index (κ3) is 4.38. The lowest BCUT2D eigenvalue weighted by atomic mass is 9.98. The average molecular weight is 461 g/mol. The van der Waals surface area contributed by atoms with Gasteiger partial charge in [0.2, 0.25) is 5.76 Å². The summed E-state index contributed by atoms with van der Waals surface area (Å²) in [6, 6.07) is 12.7. The van der Waals surface area contributed by atoms with Crippen molar-refractivity contribution in [2.45, 2.75) is 33.2 Å². The zero-order chi connectivity index (χ0) is 24.2. The fourth-order valence-electron chi connectivity index (χ4n) is 4.56. The molecule has 1 aromatic heterocycles. The molecule has 6 nitrogen and oxygen atoms in total. The Labute approximate surface area is 200 Å². The number of carbonyl (C=O) groups excluding carboxylic acids is 1. The molecule has 1 aliphatic rings. The van der Waals surface area contributed by atoms with E-state index >= 15 is 0 Å². The van der Waals surface area contributed by atoms with Gasteiger partial charge in [-0.1, -0.05) is 51.6 Å². The molecule has 0 fully saturated rings. The van der Waals surface area contributed by atoms with Crippen molar-refractivity contribution in [2.24, 2.45) is 0 Å². The fourth-order valence-corrected chi connectivity index (χ4v) is 4.56. The maximum atomic E-state index is 13.7. The summed E-state index contributed by atoms with van der Waals surface area (Å²) in [5.41, 5.74) is 2.65. The molecule has 6 heteroatoms. The van der Waals surface area contributed by atoms with Crippen LogP contribution in [0.1, 0.15) is 54.1 Å². The van der Waals surface area contributed by atoms with Crippen molar-refractivity contribution in [1.82, 2.24) is 9.80 Å². The predicted octanol–water partition coefficient (Wildman–Crippen LogP) is 4.81. The molecule has 0 aliphatic carbocycles. The Balaban J connectivity index is 1.82. The fraction of sp³-hybridized carbons (Fsp3) is 0.357. The molecule has 34 heavy (non-hydrogen) atoms. The van der Waals surface area contributed by atoms with Crippen LogP contribution in [0.15, 0.2) is 64.3 Å². The molecule has 0 saturated carbocycles. The maximum absolute atomic E-state index is 13.7. The second-order valence-corrected chi connectivity index (χ2v) is 8.45. The summed E-state index contributed by atoms with van der Waals surface area (Å²) in [7, 11) is 0. The number of amides is 1. The highest BCUT2D eigenvalue weighted by molar-refractivity contribution is 5.99. The Kier molecular flexibility index (Phi) is 7.17. The highest BCUT2D eigenvalue weighted by atomic mass is 16.5. The normalized spacial score (nSPS) is 15.2. The summed E-state index contributed by atoms with van der Waals surface area (Å²) in [6.45, 7) is 13.4. The van der Waals surface area contributed by atoms with Crippen molar-refractivity contribution in [3.63, 3.8) is 0 Å². The first-order chi connectivity index (χ1) is 16.5. The Morgan fingerprint density at radius 2 is 1.82 bits per heavy atom. The largest absolute Gasteiger partial charge is 0.490 e. The van der Waals surface area contributed by atoms with E-state index < -0.39 is 6.04 Å². The highest BCUT2D eigenvalue weighted by Crippen LogP contribution is 2.38. The summed E-state index contributed by atoms with van der Waals surface area (Å²) in [4.78, 5) is 31.3. The van der Waals surface area contributed by atoms with E-state index in [0.717, 1.165) is 37.2 Å². The van der Waals surface area contributed by atoms with Crippen LogP contribution in [0.5, 0.6) is 5.75 Å². The lowest BCUT2D eigenvalue weighted by Gasteiger charge is -2.28. The van der Waals surface area contributed by atoms with Crippen molar-refractivity contribution in [1.29, 1.82) is 0 Å². The van der Waals surface area contributed by atoms with Crippen molar-refractivity contribution in [3.05, 3.63) is 87.8 Å². The first kappa shape index (κ1) is 23.8. The van der Waals surface area contributed by atoms with Crippen LogP contribution in [-0.4, -0.2) is 48.5 Å². The number of carbonyl (C=O) groups is 1. The zero-order valence-corrected chi connectivity index (χ0v) is 20.2. The second kappa shape index (κ2) is 10.3. The number of nitrogens with zero attached hydrogens (tertiary/aromatic N) is 2. The van der Waals surface area contributed by atoms with Crippen molar-refractivity contribution in [3.8, 4) is 5.75 Å². The van der Waals surface area contributed by atoms with E-state index in [1.807, 2.05) is 43.3 Å². The summed E-state index contributed by atoms with van der Waals surface area (Å²) in [6.07, 6.45) is 2.51. The Morgan fingerprint density at radius 1 is 1.09 bits per heavy atom. The summed E-state index contributed by atoms with van der Waals surface area (Å²) >= 11 is 0. The number of fused-ring (bicyclic) bond motifs is 2. The third-order valence-corrected chi connectivity index (χ3v) is 6.55. The Hall–Kier alpha value is -3.38. The smallest absolute Gasteiger partial charge is 0.290 e. The van der Waals surface area contributed by atoms with Crippen LogP contribution in [-0.2, 0) is 6.42 Å². The maximum Gasteiger partial charge on any atom is 0.290 e. The van der Waals surface area contributed by atoms with E-state index in [2.05, 4.69) is 25.3 Å². The van der Waals surface area contributed by atoms with Crippen LogP contribution in [0.2, 0.25) is 0 Å². The van der Waals surface area contributed by atoms with Gasteiger partial charge in [0.15, 0.2) is 5.43 Å². The van der Waals surface area contributed by atoms with Crippen LogP contribution >= 0.6 is 0 Å². The molecule has 178 valence electrons. The molecule has 4 rings (SSSR count). The van der Waals surface area contributed by atoms with Gasteiger partial charge in [0.1, 0.15) is 17.9 Å². The predicted molar refractivity (Wildman–Crippen MR) is 135 cm³/mol. The average Bonchev–Trinajstić information content (AvgIpc) is 3.15. The van der Waals surface area contributed by atoms with Gasteiger partial charge in [-0.15, -0.1) is 0 Å². The first-order valence-corrected chi connectivity index (χ1v) is 12.0. The van der Waals surface area contributed by atoms with Gasteiger partial charge in [0.25, 0.3) is 5.91 Å². The van der Waals surface area contributed by atoms with Crippen LogP contribution < -0.4 is 10.2 Å². The van der Waals surface area contributed by atoms with E-state index in [9.17, 15) is 9.59 Å². The number of hydrogen-bond acceptors (Lipinski definition) is 5. The highest BCUT2D eigenvalue weighted by Gasteiger charge is 2.42. The number of hydrogen-bond donors (Lipinski definition) is 0. The van der Waals surface area contributed by atoms with Gasteiger partial charge in [-0.05, 0) is 54.9 Å². The number of aryl methyl sites for hydroxylation is 1. The summed E-state index contributed by atoms with van der Waals surface area (Å²) in [5, 5.41) is 0.521. The molecule has 1 unspecified atom stereocenters. The molecule has 1 atom stereocenters. The molecule has 0 saturated heterocycles. The third-order valence-electron chi connectivity index (χ3n) is 6.55. The molecule has 1 aliphatic heterocycles. The van der Waals surface area contributed by atoms with Gasteiger partial charge in [-0.2, -0.15) is 0 Å². The van der Waals surface area contributed by atoms with Gasteiger partial charge < -0.3 is 19.0 Å². The summed E-state index contributed by atoms with van der Waals surface area (Å²) < 4.78 is 11.7. The van der Waals surface area contributed by atoms with E-state index in [0.29, 0.717) is 35.4 Å². The molecular weight excluding hydrogens is 428 g/mol. The van der Waals surface area contributed by atoms with Crippen molar-refractivity contribution < 1.29 is 13.9 Å². The molecule has 0 N–H and O–H groups in total. The first-order valence-electron chi connectivity index (χ1n) is 12.0. The van der Waals surface area contributed by atoms with Crippen molar-refractivity contribution >= 4 is 16.9 Å².